The standard InChI is InChI=1S/C19H21N5OS/c1-13-21-22-19(26-13)24-10-8-16-17(24)7-9-23(16)11-15-12-25-18(20-15)14-5-3-2-4-6-14/h2-6,12,16-17H,7-11H2,1H3/t16-,17-/m0/s1. The summed E-state index contributed by atoms with van der Waals surface area (Å²) in [4.78, 5) is 9.70. The van der Waals surface area contributed by atoms with Crippen molar-refractivity contribution < 1.29 is 4.42 Å². The monoisotopic (exact) mass is 367 g/mol. The summed E-state index contributed by atoms with van der Waals surface area (Å²) in [5, 5.41) is 10.6. The molecule has 0 saturated carbocycles. The highest BCUT2D eigenvalue weighted by atomic mass is 32.1. The molecule has 2 atom stereocenters. The Hall–Kier alpha value is -2.25. The molecule has 1 aromatic carbocycles. The second-order valence-electron chi connectivity index (χ2n) is 6.99. The number of anilines is 1. The van der Waals surface area contributed by atoms with Gasteiger partial charge in [-0.1, -0.05) is 29.5 Å². The molecule has 134 valence electrons. The molecule has 2 aromatic heterocycles. The highest BCUT2D eigenvalue weighted by molar-refractivity contribution is 7.15. The minimum Gasteiger partial charge on any atom is -0.444 e. The van der Waals surface area contributed by atoms with E-state index < -0.39 is 0 Å². The van der Waals surface area contributed by atoms with Crippen LogP contribution in [0.5, 0.6) is 0 Å². The van der Waals surface area contributed by atoms with E-state index in [1.807, 2.05) is 37.3 Å². The molecule has 5 rings (SSSR count). The largest absolute Gasteiger partial charge is 0.444 e. The van der Waals surface area contributed by atoms with E-state index in [4.69, 9.17) is 9.40 Å². The Balaban J connectivity index is 1.29. The number of likely N-dealkylation sites (tertiary alicyclic amines) is 1. The summed E-state index contributed by atoms with van der Waals surface area (Å²) < 4.78 is 5.70. The minimum absolute atomic E-state index is 0.544. The smallest absolute Gasteiger partial charge is 0.226 e. The fourth-order valence-corrected chi connectivity index (χ4v) is 4.98. The summed E-state index contributed by atoms with van der Waals surface area (Å²) in [5.74, 6) is 0.703. The number of benzene rings is 1. The van der Waals surface area contributed by atoms with Gasteiger partial charge in [-0.05, 0) is 31.9 Å². The van der Waals surface area contributed by atoms with Gasteiger partial charge in [-0.25, -0.2) is 4.98 Å². The van der Waals surface area contributed by atoms with Crippen LogP contribution in [0.1, 0.15) is 23.5 Å². The van der Waals surface area contributed by atoms with Crippen molar-refractivity contribution in [3.8, 4) is 11.5 Å². The van der Waals surface area contributed by atoms with Gasteiger partial charge in [0.1, 0.15) is 11.3 Å². The van der Waals surface area contributed by atoms with Gasteiger partial charge in [0, 0.05) is 37.3 Å². The fourth-order valence-electron chi connectivity index (χ4n) is 4.21. The van der Waals surface area contributed by atoms with Crippen LogP contribution in [0.15, 0.2) is 41.0 Å². The maximum Gasteiger partial charge on any atom is 0.226 e. The SMILES string of the molecule is Cc1nnc(N2CC[C@H]3[C@@H]2CCN3Cc2coc(-c3ccccc3)n2)s1. The number of nitrogens with zero attached hydrogens (tertiary/aromatic N) is 5. The van der Waals surface area contributed by atoms with Crippen LogP contribution in [0.4, 0.5) is 5.13 Å². The van der Waals surface area contributed by atoms with Gasteiger partial charge in [0.2, 0.25) is 11.0 Å². The number of oxazole rings is 1. The molecule has 0 unspecified atom stereocenters. The summed E-state index contributed by atoms with van der Waals surface area (Å²) >= 11 is 1.70. The molecule has 0 aliphatic carbocycles. The van der Waals surface area contributed by atoms with E-state index in [-0.39, 0.29) is 0 Å². The zero-order valence-corrected chi connectivity index (χ0v) is 15.5. The fraction of sp³-hybridized carbons (Fsp3) is 0.421. The minimum atomic E-state index is 0.544. The Bertz CT molecular complexity index is 892. The Morgan fingerprint density at radius 3 is 2.77 bits per heavy atom. The van der Waals surface area contributed by atoms with Crippen LogP contribution >= 0.6 is 11.3 Å². The molecule has 26 heavy (non-hydrogen) atoms. The Morgan fingerprint density at radius 2 is 1.96 bits per heavy atom. The zero-order valence-electron chi connectivity index (χ0n) is 14.7. The van der Waals surface area contributed by atoms with Crippen molar-refractivity contribution in [3.63, 3.8) is 0 Å². The third-order valence-electron chi connectivity index (χ3n) is 5.39. The van der Waals surface area contributed by atoms with E-state index in [0.29, 0.717) is 18.0 Å². The second kappa shape index (κ2) is 6.48. The Kier molecular flexibility index (Phi) is 3.98. The lowest BCUT2D eigenvalue weighted by Gasteiger charge is -2.24. The third kappa shape index (κ3) is 2.81. The Labute approximate surface area is 156 Å². The number of hydrogen-bond acceptors (Lipinski definition) is 7. The first-order valence-corrected chi connectivity index (χ1v) is 9.90. The highest BCUT2D eigenvalue weighted by Gasteiger charge is 2.43. The normalized spacial score (nSPS) is 22.9. The van der Waals surface area contributed by atoms with Crippen LogP contribution in [0.25, 0.3) is 11.5 Å². The lowest BCUT2D eigenvalue weighted by Crippen LogP contribution is -2.36. The predicted molar refractivity (Wildman–Crippen MR) is 101 cm³/mol. The van der Waals surface area contributed by atoms with Crippen LogP contribution in [0.2, 0.25) is 0 Å². The van der Waals surface area contributed by atoms with Crippen molar-refractivity contribution in [2.75, 3.05) is 18.0 Å². The van der Waals surface area contributed by atoms with E-state index in [0.717, 1.165) is 41.0 Å². The third-order valence-corrected chi connectivity index (χ3v) is 6.27. The molecule has 0 N–H and O–H groups in total. The number of fused-ring (bicyclic) bond motifs is 1. The topological polar surface area (TPSA) is 58.3 Å². The van der Waals surface area contributed by atoms with Gasteiger partial charge >= 0.3 is 0 Å². The molecular weight excluding hydrogens is 346 g/mol. The van der Waals surface area contributed by atoms with Gasteiger partial charge in [0.15, 0.2) is 0 Å². The first kappa shape index (κ1) is 16.0. The Morgan fingerprint density at radius 1 is 1.12 bits per heavy atom. The van der Waals surface area contributed by atoms with Crippen molar-refractivity contribution in [3.05, 3.63) is 47.3 Å². The average Bonchev–Trinajstić information content (AvgIpc) is 3.42. The van der Waals surface area contributed by atoms with Gasteiger partial charge in [0.05, 0.1) is 5.69 Å². The van der Waals surface area contributed by atoms with Crippen LogP contribution in [-0.4, -0.2) is 45.3 Å². The summed E-state index contributed by atoms with van der Waals surface area (Å²) in [6.45, 7) is 5.02. The lowest BCUT2D eigenvalue weighted by atomic mass is 10.1. The van der Waals surface area contributed by atoms with Crippen LogP contribution in [0, 0.1) is 6.92 Å². The van der Waals surface area contributed by atoms with E-state index in [9.17, 15) is 0 Å². The maximum atomic E-state index is 5.70. The number of hydrogen-bond donors (Lipinski definition) is 0. The molecule has 3 aromatic rings. The molecule has 7 heteroatoms. The van der Waals surface area contributed by atoms with E-state index in [1.54, 1.807) is 17.6 Å². The van der Waals surface area contributed by atoms with Gasteiger partial charge < -0.3 is 9.32 Å². The van der Waals surface area contributed by atoms with Crippen LogP contribution < -0.4 is 4.90 Å². The molecule has 2 saturated heterocycles. The molecule has 0 spiro atoms. The van der Waals surface area contributed by atoms with Gasteiger partial charge in [0.25, 0.3) is 0 Å². The molecular formula is C19H21N5OS. The second-order valence-corrected chi connectivity index (χ2v) is 8.15. The number of rotatable bonds is 4. The molecule has 2 fully saturated rings. The molecule has 0 radical (unpaired) electrons. The van der Waals surface area contributed by atoms with E-state index >= 15 is 0 Å². The lowest BCUT2D eigenvalue weighted by molar-refractivity contribution is 0.243. The summed E-state index contributed by atoms with van der Waals surface area (Å²) in [5.41, 5.74) is 2.03. The maximum absolute atomic E-state index is 5.70. The van der Waals surface area contributed by atoms with Gasteiger partial charge in [-0.2, -0.15) is 0 Å². The van der Waals surface area contributed by atoms with Crippen molar-refractivity contribution in [1.29, 1.82) is 0 Å². The molecule has 6 nitrogen and oxygen atoms in total. The molecule has 2 aliphatic heterocycles. The summed E-state index contributed by atoms with van der Waals surface area (Å²) in [6, 6.07) is 11.2. The summed E-state index contributed by atoms with van der Waals surface area (Å²) in [7, 11) is 0. The molecule has 4 heterocycles. The van der Waals surface area contributed by atoms with Crippen molar-refractivity contribution in [2.24, 2.45) is 0 Å². The molecule has 0 bridgehead atoms. The van der Waals surface area contributed by atoms with E-state index in [2.05, 4.69) is 20.0 Å². The molecule has 0 amide bonds. The number of aryl methyl sites for hydroxylation is 1. The highest BCUT2D eigenvalue weighted by Crippen LogP contribution is 2.36. The first-order valence-electron chi connectivity index (χ1n) is 9.08. The number of aromatic nitrogens is 3. The summed E-state index contributed by atoms with van der Waals surface area (Å²) in [6.07, 6.45) is 4.15. The van der Waals surface area contributed by atoms with Crippen molar-refractivity contribution >= 4 is 16.5 Å². The van der Waals surface area contributed by atoms with Gasteiger partial charge in [-0.3, -0.25) is 4.90 Å². The zero-order chi connectivity index (χ0) is 17.5. The quantitative estimate of drug-likeness (QED) is 0.705. The van der Waals surface area contributed by atoms with Crippen molar-refractivity contribution in [1.82, 2.24) is 20.1 Å². The average molecular weight is 367 g/mol. The van der Waals surface area contributed by atoms with Crippen LogP contribution in [0.3, 0.4) is 0 Å². The van der Waals surface area contributed by atoms with E-state index in [1.165, 1.54) is 12.8 Å². The van der Waals surface area contributed by atoms with Crippen LogP contribution in [-0.2, 0) is 6.54 Å². The molecule has 2 aliphatic rings. The first-order chi connectivity index (χ1) is 12.8. The predicted octanol–water partition coefficient (Wildman–Crippen LogP) is 3.35. The van der Waals surface area contributed by atoms with Crippen molar-refractivity contribution in [2.45, 2.75) is 38.4 Å². The van der Waals surface area contributed by atoms with Gasteiger partial charge in [-0.15, -0.1) is 10.2 Å².